The SMILES string of the molecule is COc1ccc(-c2cnc3c(Nc4ccc(C(=O)N5CCN(CCNCCO)CC5)c(Cl)c4)nccn23)cc1F. The predicted molar refractivity (Wildman–Crippen MR) is 152 cm³/mol. The molecule has 2 aromatic carbocycles. The van der Waals surface area contributed by atoms with Gasteiger partial charge in [0.1, 0.15) is 0 Å². The van der Waals surface area contributed by atoms with Crippen molar-refractivity contribution in [1.29, 1.82) is 0 Å². The van der Waals surface area contributed by atoms with Crippen molar-refractivity contribution in [3.63, 3.8) is 0 Å². The molecule has 1 fully saturated rings. The number of nitrogens with one attached hydrogen (secondary N) is 2. The number of carbonyl (C=O) groups excluding carboxylic acids is 1. The van der Waals surface area contributed by atoms with Crippen molar-refractivity contribution >= 4 is 34.7 Å². The van der Waals surface area contributed by atoms with E-state index in [0.717, 1.165) is 26.2 Å². The lowest BCUT2D eigenvalue weighted by Crippen LogP contribution is -2.50. The number of benzene rings is 2. The van der Waals surface area contributed by atoms with Gasteiger partial charge in [0.25, 0.3) is 5.91 Å². The Bertz CT molecular complexity index is 1490. The first kappa shape index (κ1) is 27.8. The lowest BCUT2D eigenvalue weighted by molar-refractivity contribution is 0.0638. The minimum Gasteiger partial charge on any atom is -0.494 e. The van der Waals surface area contributed by atoms with Gasteiger partial charge >= 0.3 is 0 Å². The summed E-state index contributed by atoms with van der Waals surface area (Å²) in [7, 11) is 1.42. The van der Waals surface area contributed by atoms with Crippen LogP contribution < -0.4 is 15.4 Å². The molecule has 0 spiro atoms. The van der Waals surface area contributed by atoms with Crippen LogP contribution in [-0.2, 0) is 0 Å². The van der Waals surface area contributed by atoms with Crippen LogP contribution >= 0.6 is 11.6 Å². The number of hydrogen-bond acceptors (Lipinski definition) is 8. The van der Waals surface area contributed by atoms with Crippen molar-refractivity contribution in [1.82, 2.24) is 29.5 Å². The molecule has 2 aromatic heterocycles. The Balaban J connectivity index is 1.26. The van der Waals surface area contributed by atoms with Gasteiger partial charge in [-0.15, -0.1) is 0 Å². The number of nitrogens with zero attached hydrogens (tertiary/aromatic N) is 5. The monoisotopic (exact) mass is 567 g/mol. The van der Waals surface area contributed by atoms with Gasteiger partial charge in [-0.1, -0.05) is 11.6 Å². The molecule has 210 valence electrons. The Kier molecular flexibility index (Phi) is 8.75. The molecule has 0 radical (unpaired) electrons. The minimum atomic E-state index is -0.458. The van der Waals surface area contributed by atoms with Gasteiger partial charge in [-0.3, -0.25) is 14.1 Å². The number of imidazole rings is 1. The Labute approximate surface area is 236 Å². The van der Waals surface area contributed by atoms with Crippen molar-refractivity contribution in [2.24, 2.45) is 0 Å². The number of carbonyl (C=O) groups is 1. The van der Waals surface area contributed by atoms with Gasteiger partial charge in [0.2, 0.25) is 0 Å². The molecule has 0 saturated carbocycles. The summed E-state index contributed by atoms with van der Waals surface area (Å²) in [5.74, 6) is 0.104. The Morgan fingerprint density at radius 2 is 1.95 bits per heavy atom. The Morgan fingerprint density at radius 3 is 2.67 bits per heavy atom. The van der Waals surface area contributed by atoms with E-state index in [1.807, 2.05) is 9.30 Å². The van der Waals surface area contributed by atoms with Crippen molar-refractivity contribution in [3.05, 3.63) is 71.4 Å². The van der Waals surface area contributed by atoms with E-state index in [-0.39, 0.29) is 18.3 Å². The van der Waals surface area contributed by atoms with Gasteiger partial charge in [0, 0.05) is 69.5 Å². The molecule has 40 heavy (non-hydrogen) atoms. The number of methoxy groups -OCH3 is 1. The van der Waals surface area contributed by atoms with Gasteiger partial charge in [-0.05, 0) is 36.4 Å². The topological polar surface area (TPSA) is 107 Å². The Hall–Kier alpha value is -3.77. The zero-order chi connectivity index (χ0) is 28.1. The number of piperazine rings is 1. The number of ether oxygens (including phenoxy) is 1. The second-order valence-corrected chi connectivity index (χ2v) is 9.80. The van der Waals surface area contributed by atoms with Gasteiger partial charge in [0.05, 0.1) is 36.2 Å². The van der Waals surface area contributed by atoms with Crippen LogP contribution in [0.25, 0.3) is 16.9 Å². The number of fused-ring (bicyclic) bond motifs is 1. The molecule has 0 bridgehead atoms. The maximum absolute atomic E-state index is 14.3. The molecule has 1 aliphatic heterocycles. The summed E-state index contributed by atoms with van der Waals surface area (Å²) in [5, 5.41) is 15.6. The van der Waals surface area contributed by atoms with Crippen LogP contribution in [0.5, 0.6) is 5.75 Å². The molecule has 1 aliphatic rings. The molecule has 1 saturated heterocycles. The number of rotatable bonds is 10. The quantitative estimate of drug-likeness (QED) is 0.251. The summed E-state index contributed by atoms with van der Waals surface area (Å²) in [4.78, 5) is 26.2. The van der Waals surface area contributed by atoms with Crippen molar-refractivity contribution < 1.29 is 19.0 Å². The van der Waals surface area contributed by atoms with E-state index in [9.17, 15) is 9.18 Å². The van der Waals surface area contributed by atoms with E-state index < -0.39 is 5.82 Å². The first-order chi connectivity index (χ1) is 19.5. The van der Waals surface area contributed by atoms with Crippen LogP contribution in [-0.4, -0.2) is 94.7 Å². The Morgan fingerprint density at radius 1 is 1.12 bits per heavy atom. The average Bonchev–Trinajstić information content (AvgIpc) is 3.41. The lowest BCUT2D eigenvalue weighted by atomic mass is 10.1. The molecule has 0 unspecified atom stereocenters. The van der Waals surface area contributed by atoms with E-state index in [1.165, 1.54) is 13.2 Å². The molecular formula is C28H31ClFN7O3. The van der Waals surface area contributed by atoms with Crippen LogP contribution in [0.4, 0.5) is 15.9 Å². The fourth-order valence-electron chi connectivity index (χ4n) is 4.74. The molecule has 0 aliphatic carbocycles. The number of halogens is 2. The molecule has 0 atom stereocenters. The van der Waals surface area contributed by atoms with Crippen molar-refractivity contribution in [2.45, 2.75) is 0 Å². The summed E-state index contributed by atoms with van der Waals surface area (Å²) >= 11 is 6.56. The lowest BCUT2D eigenvalue weighted by Gasteiger charge is -2.35. The molecular weight excluding hydrogens is 537 g/mol. The zero-order valence-electron chi connectivity index (χ0n) is 22.1. The first-order valence-electron chi connectivity index (χ1n) is 13.0. The van der Waals surface area contributed by atoms with Crippen LogP contribution in [0.2, 0.25) is 5.02 Å². The summed E-state index contributed by atoms with van der Waals surface area (Å²) in [6.45, 7) is 5.21. The largest absolute Gasteiger partial charge is 0.494 e. The minimum absolute atomic E-state index is 0.0977. The highest BCUT2D eigenvalue weighted by Crippen LogP contribution is 2.29. The van der Waals surface area contributed by atoms with Crippen LogP contribution in [0.1, 0.15) is 10.4 Å². The average molecular weight is 568 g/mol. The smallest absolute Gasteiger partial charge is 0.255 e. The molecule has 5 rings (SSSR count). The summed E-state index contributed by atoms with van der Waals surface area (Å²) in [6.07, 6.45) is 5.04. The van der Waals surface area contributed by atoms with E-state index in [2.05, 4.69) is 25.5 Å². The third kappa shape index (κ3) is 6.02. The second-order valence-electron chi connectivity index (χ2n) is 9.39. The highest BCUT2D eigenvalue weighted by atomic mass is 35.5. The standard InChI is InChI=1S/C28H31ClFN7O3/c1-40-25-5-2-19(16-23(25)30)24-18-33-27-26(32-7-10-37(24)27)34-20-3-4-21(22(29)17-20)28(39)36-13-11-35(12-14-36)9-6-31-8-15-38/h2-5,7,10,16-18,31,38H,6,8-9,11-15H2,1H3,(H,32,34). The highest BCUT2D eigenvalue weighted by Gasteiger charge is 2.23. The third-order valence-corrected chi connectivity index (χ3v) is 7.20. The van der Waals surface area contributed by atoms with Gasteiger partial charge in [-0.2, -0.15) is 0 Å². The highest BCUT2D eigenvalue weighted by molar-refractivity contribution is 6.34. The summed E-state index contributed by atoms with van der Waals surface area (Å²) in [5.41, 5.74) is 2.99. The number of hydrogen-bond donors (Lipinski definition) is 3. The second kappa shape index (κ2) is 12.6. The van der Waals surface area contributed by atoms with Crippen LogP contribution in [0.3, 0.4) is 0 Å². The van der Waals surface area contributed by atoms with E-state index in [0.29, 0.717) is 58.6 Å². The van der Waals surface area contributed by atoms with E-state index in [4.69, 9.17) is 21.4 Å². The van der Waals surface area contributed by atoms with Crippen LogP contribution in [0, 0.1) is 5.82 Å². The molecule has 12 heteroatoms. The van der Waals surface area contributed by atoms with Gasteiger partial charge < -0.3 is 25.4 Å². The normalized spacial score (nSPS) is 14.1. The molecule has 1 amide bonds. The summed E-state index contributed by atoms with van der Waals surface area (Å²) in [6, 6.07) is 9.96. The van der Waals surface area contributed by atoms with Gasteiger partial charge in [0.15, 0.2) is 23.0 Å². The third-order valence-electron chi connectivity index (χ3n) is 6.89. The predicted octanol–water partition coefficient (Wildman–Crippen LogP) is 3.28. The number of aliphatic hydroxyl groups is 1. The number of amides is 1. The molecule has 4 aromatic rings. The summed E-state index contributed by atoms with van der Waals surface area (Å²) < 4.78 is 21.1. The number of aliphatic hydroxyl groups excluding tert-OH is 1. The first-order valence-corrected chi connectivity index (χ1v) is 13.4. The van der Waals surface area contributed by atoms with Crippen LogP contribution in [0.15, 0.2) is 55.0 Å². The maximum atomic E-state index is 14.3. The van der Waals surface area contributed by atoms with E-state index >= 15 is 0 Å². The number of anilines is 2. The molecule has 3 heterocycles. The zero-order valence-corrected chi connectivity index (χ0v) is 22.9. The van der Waals surface area contributed by atoms with Crippen molar-refractivity contribution in [3.8, 4) is 17.0 Å². The van der Waals surface area contributed by atoms with Gasteiger partial charge in [-0.25, -0.2) is 14.4 Å². The molecule has 10 nitrogen and oxygen atoms in total. The maximum Gasteiger partial charge on any atom is 0.255 e. The molecule has 3 N–H and O–H groups in total. The fraction of sp³-hybridized carbons (Fsp3) is 0.321. The number of aromatic nitrogens is 3. The van der Waals surface area contributed by atoms with Crippen molar-refractivity contribution in [2.75, 3.05) is 64.8 Å². The van der Waals surface area contributed by atoms with E-state index in [1.54, 1.807) is 48.9 Å². The fourth-order valence-corrected chi connectivity index (χ4v) is 5.00.